The Labute approximate surface area is 140 Å². The minimum absolute atomic E-state index is 0.795. The van der Waals surface area contributed by atoms with E-state index in [0.29, 0.717) is 0 Å². The maximum absolute atomic E-state index is 5.67. The molecule has 0 heterocycles. The van der Waals surface area contributed by atoms with Crippen molar-refractivity contribution in [3.63, 3.8) is 0 Å². The maximum atomic E-state index is 5.67. The Hall–Kier alpha value is -2.16. The van der Waals surface area contributed by atoms with Gasteiger partial charge in [-0.05, 0) is 67.8 Å². The standard InChI is InChI=1S/C20H28N2O/c1-4-5-14-23-20-10-8-18(9-11-20)21-12-13-22-19-7-6-16(2)17(3)15-19/h6-11,15,21-22H,4-5,12-14H2,1-3H3. The third-order valence-corrected chi connectivity index (χ3v) is 3.91. The Morgan fingerprint density at radius 2 is 1.48 bits per heavy atom. The first kappa shape index (κ1) is 17.2. The van der Waals surface area contributed by atoms with Gasteiger partial charge in [-0.2, -0.15) is 0 Å². The molecule has 2 rings (SSSR count). The monoisotopic (exact) mass is 312 g/mol. The molecule has 0 atom stereocenters. The minimum atomic E-state index is 0.795. The van der Waals surface area contributed by atoms with Crippen molar-refractivity contribution in [3.05, 3.63) is 53.6 Å². The van der Waals surface area contributed by atoms with Crippen molar-refractivity contribution in [2.45, 2.75) is 33.6 Å². The fourth-order valence-corrected chi connectivity index (χ4v) is 2.27. The fourth-order valence-electron chi connectivity index (χ4n) is 2.27. The topological polar surface area (TPSA) is 33.3 Å². The molecule has 3 heteroatoms. The van der Waals surface area contributed by atoms with Crippen molar-refractivity contribution in [3.8, 4) is 5.75 Å². The summed E-state index contributed by atoms with van der Waals surface area (Å²) in [6.45, 7) is 9.00. The Morgan fingerprint density at radius 3 is 2.13 bits per heavy atom. The zero-order valence-corrected chi connectivity index (χ0v) is 14.5. The van der Waals surface area contributed by atoms with E-state index in [1.807, 2.05) is 12.1 Å². The van der Waals surface area contributed by atoms with Crippen LogP contribution in [0.3, 0.4) is 0 Å². The third kappa shape index (κ3) is 5.85. The van der Waals surface area contributed by atoms with Crippen LogP contribution in [0.15, 0.2) is 42.5 Å². The van der Waals surface area contributed by atoms with Crippen LogP contribution in [0.4, 0.5) is 11.4 Å². The molecule has 23 heavy (non-hydrogen) atoms. The van der Waals surface area contributed by atoms with Crippen molar-refractivity contribution in [2.75, 3.05) is 30.3 Å². The van der Waals surface area contributed by atoms with E-state index < -0.39 is 0 Å². The molecule has 0 spiro atoms. The van der Waals surface area contributed by atoms with Gasteiger partial charge in [-0.1, -0.05) is 19.4 Å². The summed E-state index contributed by atoms with van der Waals surface area (Å²) in [6, 6.07) is 14.7. The quantitative estimate of drug-likeness (QED) is 0.639. The molecule has 0 amide bonds. The molecule has 124 valence electrons. The Balaban J connectivity index is 1.70. The van der Waals surface area contributed by atoms with E-state index in [9.17, 15) is 0 Å². The number of anilines is 2. The first-order chi connectivity index (χ1) is 11.2. The highest BCUT2D eigenvalue weighted by atomic mass is 16.5. The lowest BCUT2D eigenvalue weighted by Crippen LogP contribution is -2.13. The average Bonchev–Trinajstić information content (AvgIpc) is 2.56. The first-order valence-corrected chi connectivity index (χ1v) is 8.47. The molecule has 0 aromatic heterocycles. The highest BCUT2D eigenvalue weighted by Crippen LogP contribution is 2.16. The lowest BCUT2D eigenvalue weighted by atomic mass is 10.1. The van der Waals surface area contributed by atoms with Crippen LogP contribution >= 0.6 is 0 Å². The summed E-state index contributed by atoms with van der Waals surface area (Å²) in [5, 5.41) is 6.86. The first-order valence-electron chi connectivity index (χ1n) is 8.47. The average molecular weight is 312 g/mol. The summed E-state index contributed by atoms with van der Waals surface area (Å²) in [5.41, 5.74) is 4.95. The van der Waals surface area contributed by atoms with E-state index in [0.717, 1.165) is 44.0 Å². The van der Waals surface area contributed by atoms with E-state index in [1.165, 1.54) is 16.8 Å². The van der Waals surface area contributed by atoms with Gasteiger partial charge in [0.15, 0.2) is 0 Å². The highest BCUT2D eigenvalue weighted by Gasteiger charge is 1.97. The summed E-state index contributed by atoms with van der Waals surface area (Å²) < 4.78 is 5.67. The molecule has 0 radical (unpaired) electrons. The van der Waals surface area contributed by atoms with Crippen LogP contribution in [0.2, 0.25) is 0 Å². The molecular formula is C20H28N2O. The molecule has 0 fully saturated rings. The van der Waals surface area contributed by atoms with Gasteiger partial charge in [0, 0.05) is 24.5 Å². The molecule has 0 aliphatic rings. The predicted octanol–water partition coefficient (Wildman–Crippen LogP) is 5.01. The van der Waals surface area contributed by atoms with Crippen LogP contribution in [0, 0.1) is 13.8 Å². The summed E-state index contributed by atoms with van der Waals surface area (Å²) in [7, 11) is 0. The van der Waals surface area contributed by atoms with Gasteiger partial charge >= 0.3 is 0 Å². The number of nitrogens with one attached hydrogen (secondary N) is 2. The van der Waals surface area contributed by atoms with Gasteiger partial charge in [0.2, 0.25) is 0 Å². The maximum Gasteiger partial charge on any atom is 0.119 e. The van der Waals surface area contributed by atoms with Crippen LogP contribution < -0.4 is 15.4 Å². The molecular weight excluding hydrogens is 284 g/mol. The van der Waals surface area contributed by atoms with E-state index in [4.69, 9.17) is 4.74 Å². The van der Waals surface area contributed by atoms with Crippen molar-refractivity contribution >= 4 is 11.4 Å². The number of hydrogen-bond acceptors (Lipinski definition) is 3. The third-order valence-electron chi connectivity index (χ3n) is 3.91. The van der Waals surface area contributed by atoms with Gasteiger partial charge in [-0.3, -0.25) is 0 Å². The van der Waals surface area contributed by atoms with Crippen LogP contribution in [0.5, 0.6) is 5.75 Å². The zero-order chi connectivity index (χ0) is 16.5. The molecule has 2 N–H and O–H groups in total. The van der Waals surface area contributed by atoms with Gasteiger partial charge < -0.3 is 15.4 Å². The van der Waals surface area contributed by atoms with Crippen molar-refractivity contribution in [2.24, 2.45) is 0 Å². The zero-order valence-electron chi connectivity index (χ0n) is 14.5. The second-order valence-electron chi connectivity index (χ2n) is 5.88. The second kappa shape index (κ2) is 9.09. The van der Waals surface area contributed by atoms with Crippen LogP contribution in [-0.4, -0.2) is 19.7 Å². The van der Waals surface area contributed by atoms with E-state index in [-0.39, 0.29) is 0 Å². The molecule has 0 aliphatic carbocycles. The number of rotatable bonds is 9. The highest BCUT2D eigenvalue weighted by molar-refractivity contribution is 5.49. The number of hydrogen-bond donors (Lipinski definition) is 2. The molecule has 0 aliphatic heterocycles. The molecule has 0 saturated heterocycles. The molecule has 0 bridgehead atoms. The Kier molecular flexibility index (Phi) is 6.79. The fraction of sp³-hybridized carbons (Fsp3) is 0.400. The lowest BCUT2D eigenvalue weighted by molar-refractivity contribution is 0.309. The normalized spacial score (nSPS) is 10.4. The molecule has 0 saturated carbocycles. The van der Waals surface area contributed by atoms with Crippen molar-refractivity contribution in [1.29, 1.82) is 0 Å². The summed E-state index contributed by atoms with van der Waals surface area (Å²) in [6.07, 6.45) is 2.26. The van der Waals surface area contributed by atoms with E-state index in [1.54, 1.807) is 0 Å². The number of aryl methyl sites for hydroxylation is 2. The van der Waals surface area contributed by atoms with Gasteiger partial charge in [0.25, 0.3) is 0 Å². The molecule has 2 aromatic carbocycles. The molecule has 3 nitrogen and oxygen atoms in total. The van der Waals surface area contributed by atoms with E-state index in [2.05, 4.69) is 61.7 Å². The van der Waals surface area contributed by atoms with Crippen LogP contribution in [-0.2, 0) is 0 Å². The van der Waals surface area contributed by atoms with Crippen molar-refractivity contribution < 1.29 is 4.74 Å². The summed E-state index contributed by atoms with van der Waals surface area (Å²) in [5.74, 6) is 0.942. The van der Waals surface area contributed by atoms with Gasteiger partial charge in [-0.25, -0.2) is 0 Å². The van der Waals surface area contributed by atoms with Crippen LogP contribution in [0.1, 0.15) is 30.9 Å². The molecule has 2 aromatic rings. The predicted molar refractivity (Wildman–Crippen MR) is 99.7 cm³/mol. The largest absolute Gasteiger partial charge is 0.494 e. The number of unbranched alkanes of at least 4 members (excludes halogenated alkanes) is 1. The summed E-state index contributed by atoms with van der Waals surface area (Å²) >= 11 is 0. The smallest absolute Gasteiger partial charge is 0.119 e. The summed E-state index contributed by atoms with van der Waals surface area (Å²) in [4.78, 5) is 0. The minimum Gasteiger partial charge on any atom is -0.494 e. The lowest BCUT2D eigenvalue weighted by Gasteiger charge is -2.11. The van der Waals surface area contributed by atoms with Crippen LogP contribution in [0.25, 0.3) is 0 Å². The van der Waals surface area contributed by atoms with E-state index >= 15 is 0 Å². The molecule has 0 unspecified atom stereocenters. The van der Waals surface area contributed by atoms with Gasteiger partial charge in [0.05, 0.1) is 6.61 Å². The Bertz CT molecular complexity index is 593. The Morgan fingerprint density at radius 1 is 0.826 bits per heavy atom. The number of benzene rings is 2. The second-order valence-corrected chi connectivity index (χ2v) is 5.88. The van der Waals surface area contributed by atoms with Gasteiger partial charge in [0.1, 0.15) is 5.75 Å². The van der Waals surface area contributed by atoms with Crippen molar-refractivity contribution in [1.82, 2.24) is 0 Å². The van der Waals surface area contributed by atoms with Gasteiger partial charge in [-0.15, -0.1) is 0 Å². The SMILES string of the molecule is CCCCOc1ccc(NCCNc2ccc(C)c(C)c2)cc1. The number of ether oxygens (including phenoxy) is 1.